The number of rotatable bonds is 6. The molecule has 0 fully saturated rings. The van der Waals surface area contributed by atoms with Crippen LogP contribution >= 0.6 is 11.3 Å². The van der Waals surface area contributed by atoms with E-state index in [1.807, 2.05) is 11.3 Å². The predicted octanol–water partition coefficient (Wildman–Crippen LogP) is 17.5. The van der Waals surface area contributed by atoms with E-state index < -0.39 is 0 Å². The molecule has 13 rings (SSSR count). The van der Waals surface area contributed by atoms with E-state index in [9.17, 15) is 0 Å². The van der Waals surface area contributed by atoms with Crippen LogP contribution < -0.4 is 9.80 Å². The Balaban J connectivity index is 1.03. The van der Waals surface area contributed by atoms with Gasteiger partial charge in [-0.2, -0.15) is 0 Å². The summed E-state index contributed by atoms with van der Waals surface area (Å²) in [6.07, 6.45) is 0. The number of fused-ring (bicyclic) bond motifs is 11. The van der Waals surface area contributed by atoms with Gasteiger partial charge in [-0.1, -0.05) is 121 Å². The van der Waals surface area contributed by atoms with Gasteiger partial charge in [0.2, 0.25) is 0 Å². The van der Waals surface area contributed by atoms with Crippen LogP contribution in [-0.2, 0) is 0 Å². The van der Waals surface area contributed by atoms with E-state index in [0.717, 1.165) is 61.4 Å². The average Bonchev–Trinajstić information content (AvgIpc) is 3.87. The van der Waals surface area contributed by atoms with Crippen LogP contribution in [0.25, 0.3) is 85.2 Å². The molecular formula is C58H36N2OS. The number of thiophene rings is 1. The van der Waals surface area contributed by atoms with E-state index >= 15 is 0 Å². The number of nitrogens with zero attached hydrogens (tertiary/aromatic N) is 2. The minimum Gasteiger partial charge on any atom is -0.456 e. The van der Waals surface area contributed by atoms with E-state index in [2.05, 4.69) is 228 Å². The van der Waals surface area contributed by atoms with E-state index in [4.69, 9.17) is 4.42 Å². The molecule has 0 aliphatic heterocycles. The molecule has 0 saturated heterocycles. The summed E-state index contributed by atoms with van der Waals surface area (Å²) in [6.45, 7) is 0. The van der Waals surface area contributed by atoms with Gasteiger partial charge in [0.15, 0.2) is 0 Å². The van der Waals surface area contributed by atoms with Crippen molar-refractivity contribution in [2.45, 2.75) is 0 Å². The lowest BCUT2D eigenvalue weighted by Gasteiger charge is -2.29. The average molecular weight is 809 g/mol. The Morgan fingerprint density at radius 1 is 0.274 bits per heavy atom. The smallest absolute Gasteiger partial charge is 0.137 e. The highest BCUT2D eigenvalue weighted by atomic mass is 32.1. The summed E-state index contributed by atoms with van der Waals surface area (Å²) in [5, 5.41) is 14.5. The Labute approximate surface area is 361 Å². The van der Waals surface area contributed by atoms with Crippen molar-refractivity contribution >= 4 is 131 Å². The van der Waals surface area contributed by atoms with Crippen LogP contribution in [0.5, 0.6) is 0 Å². The van der Waals surface area contributed by atoms with Crippen molar-refractivity contribution in [2.24, 2.45) is 0 Å². The van der Waals surface area contributed by atoms with E-state index in [1.165, 1.54) is 57.9 Å². The Morgan fingerprint density at radius 3 is 1.52 bits per heavy atom. The molecule has 2 heterocycles. The van der Waals surface area contributed by atoms with Crippen molar-refractivity contribution < 1.29 is 4.42 Å². The number of hydrogen-bond donors (Lipinski definition) is 0. The maximum Gasteiger partial charge on any atom is 0.137 e. The molecule has 4 heteroatoms. The fourth-order valence-electron chi connectivity index (χ4n) is 9.60. The van der Waals surface area contributed by atoms with Crippen LogP contribution in [-0.4, -0.2) is 0 Å². The normalized spacial score (nSPS) is 11.9. The van der Waals surface area contributed by atoms with Crippen molar-refractivity contribution in [1.82, 2.24) is 0 Å². The zero-order valence-electron chi connectivity index (χ0n) is 33.5. The highest BCUT2D eigenvalue weighted by Crippen LogP contribution is 2.47. The number of anilines is 6. The lowest BCUT2D eigenvalue weighted by molar-refractivity contribution is 0.669. The first kappa shape index (κ1) is 34.9. The summed E-state index contributed by atoms with van der Waals surface area (Å²) in [4.78, 5) is 4.79. The summed E-state index contributed by atoms with van der Waals surface area (Å²) in [5.74, 6) is 0. The van der Waals surface area contributed by atoms with Crippen molar-refractivity contribution in [3.05, 3.63) is 218 Å². The molecule has 0 unspecified atom stereocenters. The van der Waals surface area contributed by atoms with Crippen LogP contribution in [0.3, 0.4) is 0 Å². The Kier molecular flexibility index (Phi) is 7.78. The largest absolute Gasteiger partial charge is 0.456 e. The van der Waals surface area contributed by atoms with Crippen LogP contribution in [0.15, 0.2) is 223 Å². The Morgan fingerprint density at radius 2 is 0.790 bits per heavy atom. The second-order valence-electron chi connectivity index (χ2n) is 16.1. The summed E-state index contributed by atoms with van der Waals surface area (Å²) >= 11 is 1.87. The molecule has 0 saturated carbocycles. The molecule has 0 bridgehead atoms. The minimum atomic E-state index is 0.862. The van der Waals surface area contributed by atoms with Gasteiger partial charge < -0.3 is 14.2 Å². The quantitative estimate of drug-likeness (QED) is 0.156. The first-order chi connectivity index (χ1) is 30.7. The predicted molar refractivity (Wildman–Crippen MR) is 266 cm³/mol. The zero-order chi connectivity index (χ0) is 40.7. The van der Waals surface area contributed by atoms with Gasteiger partial charge in [0, 0.05) is 70.8 Å². The number of hydrogen-bond acceptors (Lipinski definition) is 4. The SMILES string of the molecule is c1ccc(N(c2ccc3c(c2)oc2cc4ccccc4cc23)c2ccc3c(c2)c(N(c2ccccc2)c2ccc4c(c2)sc2cc5ccccc5cc24)cc2ccccc23)cc1. The number of benzene rings is 11. The third kappa shape index (κ3) is 5.58. The second-order valence-corrected chi connectivity index (χ2v) is 17.2. The first-order valence-electron chi connectivity index (χ1n) is 21.1. The second kappa shape index (κ2) is 13.8. The fourth-order valence-corrected chi connectivity index (χ4v) is 10.8. The van der Waals surface area contributed by atoms with Crippen LogP contribution in [0.2, 0.25) is 0 Å². The van der Waals surface area contributed by atoms with E-state index in [-0.39, 0.29) is 0 Å². The lowest BCUT2D eigenvalue weighted by Crippen LogP contribution is -2.12. The van der Waals surface area contributed by atoms with E-state index in [0.29, 0.717) is 0 Å². The van der Waals surface area contributed by atoms with Crippen molar-refractivity contribution in [2.75, 3.05) is 9.80 Å². The van der Waals surface area contributed by atoms with Gasteiger partial charge in [0.05, 0.1) is 5.69 Å². The molecule has 13 aromatic rings. The molecule has 0 aliphatic rings. The fraction of sp³-hybridized carbons (Fsp3) is 0. The highest BCUT2D eigenvalue weighted by molar-refractivity contribution is 7.26. The van der Waals surface area contributed by atoms with Gasteiger partial charge in [0.25, 0.3) is 0 Å². The number of furan rings is 1. The topological polar surface area (TPSA) is 19.6 Å². The Hall–Kier alpha value is -7.92. The minimum absolute atomic E-state index is 0.862. The lowest BCUT2D eigenvalue weighted by atomic mass is 9.97. The highest BCUT2D eigenvalue weighted by Gasteiger charge is 2.22. The summed E-state index contributed by atoms with van der Waals surface area (Å²) < 4.78 is 9.20. The number of para-hydroxylation sites is 2. The molecule has 0 atom stereocenters. The third-order valence-corrected chi connectivity index (χ3v) is 13.6. The molecule has 0 N–H and O–H groups in total. The van der Waals surface area contributed by atoms with Crippen LogP contribution in [0.1, 0.15) is 0 Å². The van der Waals surface area contributed by atoms with Gasteiger partial charge in [-0.3, -0.25) is 0 Å². The summed E-state index contributed by atoms with van der Waals surface area (Å²) in [5.41, 5.74) is 8.24. The van der Waals surface area contributed by atoms with Gasteiger partial charge in [-0.15, -0.1) is 11.3 Å². The summed E-state index contributed by atoms with van der Waals surface area (Å²) in [6, 6.07) is 79.4. The van der Waals surface area contributed by atoms with Gasteiger partial charge in [-0.05, 0) is 129 Å². The Bertz CT molecular complexity index is 3890. The maximum atomic E-state index is 6.63. The monoisotopic (exact) mass is 808 g/mol. The molecule has 11 aromatic carbocycles. The van der Waals surface area contributed by atoms with Crippen molar-refractivity contribution in [3.63, 3.8) is 0 Å². The molecule has 290 valence electrons. The zero-order valence-corrected chi connectivity index (χ0v) is 34.3. The molecule has 62 heavy (non-hydrogen) atoms. The molecule has 0 radical (unpaired) electrons. The van der Waals surface area contributed by atoms with E-state index in [1.54, 1.807) is 0 Å². The van der Waals surface area contributed by atoms with Crippen molar-refractivity contribution in [1.29, 1.82) is 0 Å². The molecule has 0 amide bonds. The van der Waals surface area contributed by atoms with Crippen molar-refractivity contribution in [3.8, 4) is 0 Å². The standard InChI is InChI=1S/C58H36N2OS/c1-3-18-42(19-4-1)59(45-24-27-49-52-29-37-13-7-9-15-39(37)32-55(52)61-56(49)35-45)44-23-26-48-47-22-12-11-17-41(47)31-54(51(48)34-44)60(43-20-5-2-6-21-43)46-25-28-50-53-30-38-14-8-10-16-40(38)33-57(53)62-58(50)36-46/h1-36H. The molecular weight excluding hydrogens is 773 g/mol. The molecule has 0 spiro atoms. The molecule has 0 aliphatic carbocycles. The van der Waals surface area contributed by atoms with Crippen LogP contribution in [0.4, 0.5) is 34.1 Å². The third-order valence-electron chi connectivity index (χ3n) is 12.5. The first-order valence-corrected chi connectivity index (χ1v) is 21.9. The van der Waals surface area contributed by atoms with Gasteiger partial charge in [-0.25, -0.2) is 0 Å². The van der Waals surface area contributed by atoms with Crippen LogP contribution in [0, 0.1) is 0 Å². The van der Waals surface area contributed by atoms with Gasteiger partial charge in [0.1, 0.15) is 11.2 Å². The molecule has 3 nitrogen and oxygen atoms in total. The maximum absolute atomic E-state index is 6.63. The molecule has 2 aromatic heterocycles. The van der Waals surface area contributed by atoms with Gasteiger partial charge >= 0.3 is 0 Å². The summed E-state index contributed by atoms with van der Waals surface area (Å²) in [7, 11) is 0.